The lowest BCUT2D eigenvalue weighted by atomic mass is 10.0. The average Bonchev–Trinajstić information content (AvgIpc) is 2.62. The molecule has 0 aliphatic carbocycles. The Balaban J connectivity index is 2.26. The SMILES string of the molecule is CCCCC(CC)COC(=O)OOOC(=O)c1ccc(OCC)cc1. The summed E-state index contributed by atoms with van der Waals surface area (Å²) in [5, 5.41) is 4.18. The maximum atomic E-state index is 11.7. The first-order valence-electron chi connectivity index (χ1n) is 8.55. The predicted molar refractivity (Wildman–Crippen MR) is 89.9 cm³/mol. The highest BCUT2D eigenvalue weighted by molar-refractivity contribution is 5.89. The summed E-state index contributed by atoms with van der Waals surface area (Å²) in [7, 11) is 0. The topological polar surface area (TPSA) is 80.3 Å². The van der Waals surface area contributed by atoms with E-state index in [4.69, 9.17) is 9.47 Å². The van der Waals surface area contributed by atoms with Gasteiger partial charge in [0.25, 0.3) is 0 Å². The molecule has 0 aliphatic heterocycles. The number of hydrogen-bond acceptors (Lipinski definition) is 7. The normalized spacial score (nSPS) is 11.5. The molecule has 1 unspecified atom stereocenters. The third-order valence-corrected chi connectivity index (χ3v) is 3.59. The number of ether oxygens (including phenoxy) is 2. The van der Waals surface area contributed by atoms with Gasteiger partial charge in [0.05, 0.1) is 23.8 Å². The molecule has 7 heteroatoms. The Morgan fingerprint density at radius 3 is 2.36 bits per heavy atom. The van der Waals surface area contributed by atoms with Gasteiger partial charge in [0.2, 0.25) is 0 Å². The van der Waals surface area contributed by atoms with Crippen molar-refractivity contribution < 1.29 is 33.9 Å². The number of rotatable bonds is 11. The molecule has 0 aliphatic rings. The minimum absolute atomic E-state index is 0.228. The van der Waals surface area contributed by atoms with E-state index in [1.807, 2.05) is 13.8 Å². The van der Waals surface area contributed by atoms with E-state index < -0.39 is 12.1 Å². The molecule has 140 valence electrons. The Labute approximate surface area is 148 Å². The molecule has 0 amide bonds. The molecule has 0 saturated carbocycles. The summed E-state index contributed by atoms with van der Waals surface area (Å²) in [6, 6.07) is 6.26. The van der Waals surface area contributed by atoms with E-state index in [1.54, 1.807) is 12.1 Å². The molecule has 1 atom stereocenters. The van der Waals surface area contributed by atoms with E-state index in [0.29, 0.717) is 12.4 Å². The van der Waals surface area contributed by atoms with Gasteiger partial charge in [0, 0.05) is 0 Å². The summed E-state index contributed by atoms with van der Waals surface area (Å²) in [6.07, 6.45) is 3.00. The summed E-state index contributed by atoms with van der Waals surface area (Å²) in [6.45, 7) is 6.77. The fraction of sp³-hybridized carbons (Fsp3) is 0.556. The highest BCUT2D eigenvalue weighted by Crippen LogP contribution is 2.14. The minimum Gasteiger partial charge on any atom is -0.494 e. The van der Waals surface area contributed by atoms with Crippen molar-refractivity contribution >= 4 is 12.1 Å². The smallest absolute Gasteiger partial charge is 0.494 e. The molecule has 0 spiro atoms. The summed E-state index contributed by atoms with van der Waals surface area (Å²) in [5.41, 5.74) is 0.228. The van der Waals surface area contributed by atoms with Crippen LogP contribution in [0.15, 0.2) is 24.3 Å². The van der Waals surface area contributed by atoms with Crippen molar-refractivity contribution in [2.24, 2.45) is 5.92 Å². The van der Waals surface area contributed by atoms with Crippen molar-refractivity contribution in [3.8, 4) is 5.75 Å². The molecule has 0 saturated heterocycles. The monoisotopic (exact) mass is 354 g/mol. The van der Waals surface area contributed by atoms with Crippen LogP contribution in [0.1, 0.15) is 56.8 Å². The molecular formula is C18H26O7. The number of hydrogen-bond donors (Lipinski definition) is 0. The van der Waals surface area contributed by atoms with Crippen LogP contribution in [0.3, 0.4) is 0 Å². The van der Waals surface area contributed by atoms with Gasteiger partial charge in [-0.1, -0.05) is 33.1 Å². The summed E-state index contributed by atoms with van der Waals surface area (Å²) < 4.78 is 10.2. The Morgan fingerprint density at radius 1 is 1.04 bits per heavy atom. The summed E-state index contributed by atoms with van der Waals surface area (Å²) >= 11 is 0. The zero-order valence-electron chi connectivity index (χ0n) is 15.0. The first-order valence-corrected chi connectivity index (χ1v) is 8.55. The van der Waals surface area contributed by atoms with E-state index in [2.05, 4.69) is 21.7 Å². The van der Waals surface area contributed by atoms with E-state index in [0.717, 1.165) is 25.7 Å². The predicted octanol–water partition coefficient (Wildman–Crippen LogP) is 4.46. The number of unbranched alkanes of at least 4 members (excludes halogenated alkanes) is 1. The first kappa shape index (κ1) is 20.8. The van der Waals surface area contributed by atoms with E-state index in [1.165, 1.54) is 12.1 Å². The Morgan fingerprint density at radius 2 is 1.76 bits per heavy atom. The van der Waals surface area contributed by atoms with E-state index >= 15 is 0 Å². The van der Waals surface area contributed by atoms with Crippen molar-refractivity contribution in [1.29, 1.82) is 0 Å². The van der Waals surface area contributed by atoms with Gasteiger partial charge in [-0.3, -0.25) is 4.89 Å². The van der Waals surface area contributed by atoms with Gasteiger partial charge >= 0.3 is 12.1 Å². The summed E-state index contributed by atoms with van der Waals surface area (Å²) in [4.78, 5) is 31.8. The van der Waals surface area contributed by atoms with Crippen molar-refractivity contribution in [1.82, 2.24) is 0 Å². The van der Waals surface area contributed by atoms with Gasteiger partial charge in [0.1, 0.15) is 5.75 Å². The van der Waals surface area contributed by atoms with Gasteiger partial charge in [-0.2, -0.15) is 0 Å². The second kappa shape index (κ2) is 12.1. The Kier molecular flexibility index (Phi) is 10.1. The quantitative estimate of drug-likeness (QED) is 0.330. The number of carbonyl (C=O) groups is 2. The fourth-order valence-electron chi connectivity index (χ4n) is 2.09. The molecule has 0 radical (unpaired) electrons. The maximum Gasteiger partial charge on any atom is 0.543 e. The molecule has 25 heavy (non-hydrogen) atoms. The second-order valence-corrected chi connectivity index (χ2v) is 5.46. The second-order valence-electron chi connectivity index (χ2n) is 5.46. The van der Waals surface area contributed by atoms with Gasteiger partial charge in [-0.05, 0) is 43.5 Å². The summed E-state index contributed by atoms with van der Waals surface area (Å²) in [5.74, 6) is 0.109. The molecule has 7 nitrogen and oxygen atoms in total. The highest BCUT2D eigenvalue weighted by Gasteiger charge is 2.14. The van der Waals surface area contributed by atoms with Crippen molar-refractivity contribution in [3.05, 3.63) is 29.8 Å². The zero-order chi connectivity index (χ0) is 18.5. The van der Waals surface area contributed by atoms with Crippen molar-refractivity contribution in [2.45, 2.75) is 46.5 Å². The highest BCUT2D eigenvalue weighted by atomic mass is 17.5. The lowest BCUT2D eigenvalue weighted by Gasteiger charge is -2.13. The van der Waals surface area contributed by atoms with Crippen LogP contribution in [0.25, 0.3) is 0 Å². The number of carbonyl (C=O) groups excluding carboxylic acids is 2. The molecule has 1 rings (SSSR count). The molecule has 0 bridgehead atoms. The third-order valence-electron chi connectivity index (χ3n) is 3.59. The lowest BCUT2D eigenvalue weighted by molar-refractivity contribution is -0.452. The largest absolute Gasteiger partial charge is 0.543 e. The van der Waals surface area contributed by atoms with Crippen LogP contribution in [0.5, 0.6) is 5.75 Å². The molecule has 0 fully saturated rings. The van der Waals surface area contributed by atoms with E-state index in [9.17, 15) is 9.59 Å². The minimum atomic E-state index is -1.05. The molecule has 0 aromatic heterocycles. The van der Waals surface area contributed by atoms with Gasteiger partial charge in [0.15, 0.2) is 0 Å². The Bertz CT molecular complexity index is 513. The first-order chi connectivity index (χ1) is 12.1. The maximum absolute atomic E-state index is 11.7. The average molecular weight is 354 g/mol. The standard InChI is InChI=1S/C18H26O7/c1-4-7-8-14(5-2)13-22-18(20)24-25-23-17(19)15-9-11-16(12-10-15)21-6-3/h9-12,14H,4-8,13H2,1-3H3. The van der Waals surface area contributed by atoms with Crippen molar-refractivity contribution in [3.63, 3.8) is 0 Å². The lowest BCUT2D eigenvalue weighted by Crippen LogP contribution is -2.16. The molecular weight excluding hydrogens is 328 g/mol. The van der Waals surface area contributed by atoms with E-state index in [-0.39, 0.29) is 18.1 Å². The number of benzene rings is 1. The van der Waals surface area contributed by atoms with Crippen LogP contribution in [0.2, 0.25) is 0 Å². The molecule has 0 N–H and O–H groups in total. The molecule has 0 heterocycles. The third kappa shape index (κ3) is 8.39. The fourth-order valence-corrected chi connectivity index (χ4v) is 2.09. The zero-order valence-corrected chi connectivity index (χ0v) is 15.0. The van der Waals surface area contributed by atoms with Crippen LogP contribution in [0, 0.1) is 5.92 Å². The van der Waals surface area contributed by atoms with Gasteiger partial charge in [-0.15, -0.1) is 0 Å². The van der Waals surface area contributed by atoms with Crippen LogP contribution >= 0.6 is 0 Å². The van der Waals surface area contributed by atoms with Crippen LogP contribution in [-0.4, -0.2) is 25.3 Å². The molecule has 1 aromatic carbocycles. The Hall–Kier alpha value is -2.28. The van der Waals surface area contributed by atoms with Crippen LogP contribution < -0.4 is 4.74 Å². The van der Waals surface area contributed by atoms with Crippen LogP contribution in [0.4, 0.5) is 4.79 Å². The molecule has 1 aromatic rings. The van der Waals surface area contributed by atoms with Crippen molar-refractivity contribution in [2.75, 3.05) is 13.2 Å². The van der Waals surface area contributed by atoms with Gasteiger partial charge in [-0.25, -0.2) is 14.5 Å². The van der Waals surface area contributed by atoms with Crippen LogP contribution in [-0.2, 0) is 19.6 Å². The van der Waals surface area contributed by atoms with Gasteiger partial charge < -0.3 is 9.47 Å².